The van der Waals surface area contributed by atoms with Crippen LogP contribution in [0.25, 0.3) is 0 Å². The molecule has 0 radical (unpaired) electrons. The lowest BCUT2D eigenvalue weighted by Gasteiger charge is -2.14. The monoisotopic (exact) mass is 408 g/mol. The fourth-order valence-corrected chi connectivity index (χ4v) is 2.36. The summed E-state index contributed by atoms with van der Waals surface area (Å²) in [6, 6.07) is -1.27. The van der Waals surface area contributed by atoms with Gasteiger partial charge in [0.15, 0.2) is 5.96 Å². The summed E-state index contributed by atoms with van der Waals surface area (Å²) in [5.41, 5.74) is 10.3. The largest absolute Gasteiger partial charge is 0.480 e. The topological polar surface area (TPSA) is 198 Å². The number of carbonyl (C=O) groups is 3. The molecule has 2 amide bonds. The SMILES string of the molecule is CCCCOS(=O)NC(CNC(=O)CCNC(=O)CCN=C(N)N)C(=O)O. The summed E-state index contributed by atoms with van der Waals surface area (Å²) in [7, 11) is 0. The Morgan fingerprint density at radius 2 is 1.85 bits per heavy atom. The minimum absolute atomic E-state index is 0.0452. The predicted octanol–water partition coefficient (Wildman–Crippen LogP) is -2.29. The molecule has 0 heterocycles. The van der Waals surface area contributed by atoms with Crippen molar-refractivity contribution in [1.29, 1.82) is 0 Å². The smallest absolute Gasteiger partial charge is 0.323 e. The van der Waals surface area contributed by atoms with Crippen LogP contribution in [0.1, 0.15) is 32.6 Å². The minimum atomic E-state index is -1.97. The Hall–Kier alpha value is -2.25. The fraction of sp³-hybridized carbons (Fsp3) is 0.714. The molecule has 156 valence electrons. The van der Waals surface area contributed by atoms with E-state index in [1.165, 1.54) is 0 Å². The maximum Gasteiger partial charge on any atom is 0.323 e. The van der Waals surface area contributed by atoms with Gasteiger partial charge in [0.1, 0.15) is 6.04 Å². The number of carboxylic acids is 1. The lowest BCUT2D eigenvalue weighted by molar-refractivity contribution is -0.139. The number of nitrogens with one attached hydrogen (secondary N) is 3. The van der Waals surface area contributed by atoms with Crippen LogP contribution in [0.5, 0.6) is 0 Å². The second-order valence-electron chi connectivity index (χ2n) is 5.38. The van der Waals surface area contributed by atoms with E-state index in [4.69, 9.17) is 20.8 Å². The van der Waals surface area contributed by atoms with Gasteiger partial charge in [-0.2, -0.15) is 4.72 Å². The third kappa shape index (κ3) is 14.6. The van der Waals surface area contributed by atoms with Crippen molar-refractivity contribution in [2.45, 2.75) is 38.6 Å². The molecule has 27 heavy (non-hydrogen) atoms. The molecular weight excluding hydrogens is 380 g/mol. The maximum atomic E-state index is 11.7. The van der Waals surface area contributed by atoms with E-state index >= 15 is 0 Å². The zero-order valence-corrected chi connectivity index (χ0v) is 16.0. The molecule has 0 spiro atoms. The van der Waals surface area contributed by atoms with Gasteiger partial charge in [0.25, 0.3) is 0 Å². The van der Waals surface area contributed by atoms with Crippen molar-refractivity contribution in [2.75, 3.05) is 26.2 Å². The van der Waals surface area contributed by atoms with Gasteiger partial charge in [-0.3, -0.25) is 23.6 Å². The van der Waals surface area contributed by atoms with Gasteiger partial charge in [0.2, 0.25) is 23.1 Å². The molecule has 0 rings (SSSR count). The number of hydrogen-bond acceptors (Lipinski definition) is 6. The van der Waals surface area contributed by atoms with Gasteiger partial charge in [-0.05, 0) is 6.42 Å². The molecule has 2 unspecified atom stereocenters. The average Bonchev–Trinajstić information content (AvgIpc) is 2.58. The van der Waals surface area contributed by atoms with Crippen LogP contribution in [0, 0.1) is 0 Å². The van der Waals surface area contributed by atoms with E-state index in [0.717, 1.165) is 6.42 Å². The fourth-order valence-electron chi connectivity index (χ4n) is 1.60. The quantitative estimate of drug-likeness (QED) is 0.0987. The highest BCUT2D eigenvalue weighted by molar-refractivity contribution is 7.78. The molecule has 13 heteroatoms. The van der Waals surface area contributed by atoms with Crippen LogP contribution in [0.15, 0.2) is 4.99 Å². The van der Waals surface area contributed by atoms with Crippen molar-refractivity contribution in [3.8, 4) is 0 Å². The molecule has 12 nitrogen and oxygen atoms in total. The third-order valence-electron chi connectivity index (χ3n) is 3.04. The second kappa shape index (κ2) is 14.9. The van der Waals surface area contributed by atoms with Gasteiger partial charge in [-0.25, -0.2) is 4.21 Å². The summed E-state index contributed by atoms with van der Waals surface area (Å²) < 4.78 is 18.8. The molecular formula is C14H28N6O6S. The summed E-state index contributed by atoms with van der Waals surface area (Å²) >= 11 is -1.97. The Balaban J connectivity index is 4.06. The molecule has 2 atom stereocenters. The molecule has 0 aliphatic rings. The Labute approximate surface area is 160 Å². The highest BCUT2D eigenvalue weighted by Gasteiger charge is 2.21. The molecule has 8 N–H and O–H groups in total. The molecule has 0 fully saturated rings. The Bertz CT molecular complexity index is 540. The van der Waals surface area contributed by atoms with Crippen LogP contribution >= 0.6 is 0 Å². The highest BCUT2D eigenvalue weighted by Crippen LogP contribution is 1.93. The minimum Gasteiger partial charge on any atom is -0.480 e. The first-order chi connectivity index (χ1) is 12.8. The number of guanidine groups is 1. The van der Waals surface area contributed by atoms with Crippen molar-refractivity contribution in [2.24, 2.45) is 16.5 Å². The second-order valence-corrected chi connectivity index (χ2v) is 6.32. The Morgan fingerprint density at radius 3 is 2.44 bits per heavy atom. The number of aliphatic imine (C=N–C) groups is 1. The summed E-state index contributed by atoms with van der Waals surface area (Å²) in [6.45, 7) is 2.10. The highest BCUT2D eigenvalue weighted by atomic mass is 32.2. The van der Waals surface area contributed by atoms with Crippen LogP contribution in [0.4, 0.5) is 0 Å². The maximum absolute atomic E-state index is 11.7. The van der Waals surface area contributed by atoms with Gasteiger partial charge in [-0.15, -0.1) is 0 Å². The van der Waals surface area contributed by atoms with E-state index < -0.39 is 29.2 Å². The van der Waals surface area contributed by atoms with Crippen molar-refractivity contribution < 1.29 is 27.9 Å². The first-order valence-corrected chi connectivity index (χ1v) is 9.46. The van der Waals surface area contributed by atoms with Crippen LogP contribution in [0.3, 0.4) is 0 Å². The van der Waals surface area contributed by atoms with E-state index in [0.29, 0.717) is 6.42 Å². The van der Waals surface area contributed by atoms with Crippen LogP contribution in [0.2, 0.25) is 0 Å². The van der Waals surface area contributed by atoms with Crippen LogP contribution in [-0.4, -0.2) is 65.3 Å². The zero-order valence-electron chi connectivity index (χ0n) is 15.2. The van der Waals surface area contributed by atoms with E-state index in [-0.39, 0.29) is 50.9 Å². The van der Waals surface area contributed by atoms with E-state index in [9.17, 15) is 18.6 Å². The van der Waals surface area contributed by atoms with Gasteiger partial charge in [-0.1, -0.05) is 13.3 Å². The van der Waals surface area contributed by atoms with Crippen molar-refractivity contribution in [3.05, 3.63) is 0 Å². The van der Waals surface area contributed by atoms with E-state index in [1.807, 2.05) is 6.92 Å². The van der Waals surface area contributed by atoms with Crippen molar-refractivity contribution >= 4 is 35.0 Å². The summed E-state index contributed by atoms with van der Waals surface area (Å²) in [6.07, 6.45) is 1.57. The molecule has 0 bridgehead atoms. The van der Waals surface area contributed by atoms with Crippen LogP contribution in [-0.2, 0) is 29.8 Å². The molecule has 0 aromatic heterocycles. The molecule has 0 aliphatic carbocycles. The summed E-state index contributed by atoms with van der Waals surface area (Å²) in [5.74, 6) is -2.18. The first kappa shape index (κ1) is 24.8. The molecule has 0 saturated carbocycles. The average molecular weight is 408 g/mol. The van der Waals surface area contributed by atoms with Gasteiger partial charge >= 0.3 is 5.97 Å². The van der Waals surface area contributed by atoms with Gasteiger partial charge < -0.3 is 27.2 Å². The van der Waals surface area contributed by atoms with Crippen molar-refractivity contribution in [3.63, 3.8) is 0 Å². The standard InChI is InChI=1S/C14H28N6O6S/c1-2-3-8-26-27(25)20-10(13(23)24)9-19-12(22)4-6-17-11(21)5-7-18-14(15)16/h10,20H,2-9H2,1H3,(H,17,21)(H,19,22)(H,23,24)(H4,15,16,18). The number of unbranched alkanes of at least 4 members (excludes halogenated alkanes) is 1. The molecule has 0 saturated heterocycles. The van der Waals surface area contributed by atoms with E-state index in [1.54, 1.807) is 0 Å². The lowest BCUT2D eigenvalue weighted by atomic mass is 10.3. The zero-order chi connectivity index (χ0) is 20.7. The molecule has 0 aromatic rings. The molecule has 0 aromatic carbocycles. The number of hydrogen-bond donors (Lipinski definition) is 6. The first-order valence-electron chi connectivity index (χ1n) is 8.39. The van der Waals surface area contributed by atoms with Crippen LogP contribution < -0.4 is 26.8 Å². The molecule has 0 aliphatic heterocycles. The number of carboxylic acid groups (broad SMARTS) is 1. The van der Waals surface area contributed by atoms with Gasteiger partial charge in [0, 0.05) is 25.9 Å². The van der Waals surface area contributed by atoms with E-state index in [2.05, 4.69) is 20.3 Å². The Kier molecular flexibility index (Phi) is 13.6. The van der Waals surface area contributed by atoms with Crippen molar-refractivity contribution in [1.82, 2.24) is 15.4 Å². The lowest BCUT2D eigenvalue weighted by Crippen LogP contribution is -2.47. The summed E-state index contributed by atoms with van der Waals surface area (Å²) in [5, 5.41) is 14.0. The normalized spacial score (nSPS) is 12.6. The number of nitrogens with two attached hydrogens (primary N) is 2. The summed E-state index contributed by atoms with van der Waals surface area (Å²) in [4.78, 5) is 38.0. The number of carbonyl (C=O) groups excluding carboxylic acids is 2. The number of rotatable bonds is 15. The number of aliphatic carboxylic acids is 1. The predicted molar refractivity (Wildman–Crippen MR) is 99.5 cm³/mol. The third-order valence-corrected chi connectivity index (χ3v) is 3.89. The Morgan fingerprint density at radius 1 is 1.19 bits per heavy atom. The van der Waals surface area contributed by atoms with Gasteiger partial charge in [0.05, 0.1) is 13.2 Å². The number of nitrogens with zero attached hydrogens (tertiary/aromatic N) is 1. The number of amides is 2.